The summed E-state index contributed by atoms with van der Waals surface area (Å²) in [4.78, 5) is 38.1. The van der Waals surface area contributed by atoms with Gasteiger partial charge in [0.15, 0.2) is 0 Å². The number of carboxylic acids is 1. The van der Waals surface area contributed by atoms with Gasteiger partial charge in [-0.3, -0.25) is 4.79 Å². The van der Waals surface area contributed by atoms with Crippen LogP contribution in [0.2, 0.25) is 0 Å². The van der Waals surface area contributed by atoms with Gasteiger partial charge in [-0.05, 0) is 67.7 Å². The second-order valence-corrected chi connectivity index (χ2v) is 9.30. The van der Waals surface area contributed by atoms with Gasteiger partial charge in [0.25, 0.3) is 0 Å². The molecule has 1 aliphatic rings. The van der Waals surface area contributed by atoms with Crippen LogP contribution in [0.4, 0.5) is 9.59 Å². The Morgan fingerprint density at radius 3 is 2.04 bits per heavy atom. The largest absolute Gasteiger partial charge is 0.481 e. The van der Waals surface area contributed by atoms with Crippen molar-refractivity contribution < 1.29 is 29.0 Å². The van der Waals surface area contributed by atoms with Crippen LogP contribution in [0, 0.1) is 0 Å². The average molecular weight is 386 g/mol. The quantitative estimate of drug-likeness (QED) is 0.766. The molecule has 1 fully saturated rings. The molecule has 1 aliphatic heterocycles. The van der Waals surface area contributed by atoms with Crippen LogP contribution in [0.1, 0.15) is 74.1 Å². The highest BCUT2D eigenvalue weighted by molar-refractivity contribution is 5.74. The van der Waals surface area contributed by atoms with Gasteiger partial charge in [-0.25, -0.2) is 9.59 Å². The van der Waals surface area contributed by atoms with Gasteiger partial charge in [0.1, 0.15) is 11.2 Å². The number of piperidine rings is 1. The molecule has 0 aromatic rings. The maximum absolute atomic E-state index is 12.7. The third kappa shape index (κ3) is 7.64. The zero-order chi connectivity index (χ0) is 21.0. The molecule has 0 aliphatic carbocycles. The van der Waals surface area contributed by atoms with Gasteiger partial charge in [0.2, 0.25) is 0 Å². The molecule has 0 bridgehead atoms. The summed E-state index contributed by atoms with van der Waals surface area (Å²) < 4.78 is 10.8. The summed E-state index contributed by atoms with van der Waals surface area (Å²) in [5.74, 6) is -1.07. The van der Waals surface area contributed by atoms with Gasteiger partial charge in [-0.15, -0.1) is 0 Å². The zero-order valence-electron chi connectivity index (χ0n) is 17.5. The van der Waals surface area contributed by atoms with Crippen LogP contribution in [0.3, 0.4) is 0 Å². The topological polar surface area (TPSA) is 105 Å². The number of hydrogen-bond acceptors (Lipinski definition) is 5. The highest BCUT2D eigenvalue weighted by Gasteiger charge is 2.45. The molecule has 0 spiro atoms. The second-order valence-electron chi connectivity index (χ2n) is 9.30. The normalized spacial score (nSPS) is 20.4. The first-order valence-corrected chi connectivity index (χ1v) is 9.35. The predicted octanol–water partition coefficient (Wildman–Crippen LogP) is 3.53. The van der Waals surface area contributed by atoms with E-state index in [-0.39, 0.29) is 6.42 Å². The Bertz CT molecular complexity index is 564. The average Bonchev–Trinajstić information content (AvgIpc) is 2.42. The Kier molecular flexibility index (Phi) is 7.13. The van der Waals surface area contributed by atoms with Gasteiger partial charge in [0.05, 0.1) is 18.0 Å². The van der Waals surface area contributed by atoms with E-state index in [0.717, 1.165) is 12.8 Å². The van der Waals surface area contributed by atoms with E-state index >= 15 is 0 Å². The van der Waals surface area contributed by atoms with Crippen LogP contribution in [0.5, 0.6) is 0 Å². The molecular formula is C19H34N2O6. The lowest BCUT2D eigenvalue weighted by atomic mass is 9.82. The van der Waals surface area contributed by atoms with Crippen molar-refractivity contribution in [1.29, 1.82) is 0 Å². The maximum Gasteiger partial charge on any atom is 0.410 e. The lowest BCUT2D eigenvalue weighted by Gasteiger charge is -2.46. The molecule has 1 rings (SSSR count). The third-order valence-corrected chi connectivity index (χ3v) is 4.17. The number of hydrogen-bond donors (Lipinski definition) is 2. The lowest BCUT2D eigenvalue weighted by Crippen LogP contribution is -2.64. The van der Waals surface area contributed by atoms with E-state index in [2.05, 4.69) is 5.32 Å². The number of nitrogens with one attached hydrogen (secondary N) is 1. The van der Waals surface area contributed by atoms with Crippen LogP contribution in [-0.2, 0) is 14.3 Å². The van der Waals surface area contributed by atoms with Crippen LogP contribution in [0.25, 0.3) is 0 Å². The molecule has 8 heteroatoms. The molecule has 0 saturated carbocycles. The highest BCUT2D eigenvalue weighted by atomic mass is 16.6. The maximum atomic E-state index is 12.7. The van der Waals surface area contributed by atoms with Crippen molar-refractivity contribution in [2.75, 3.05) is 6.54 Å². The van der Waals surface area contributed by atoms with E-state index in [9.17, 15) is 19.5 Å². The van der Waals surface area contributed by atoms with Crippen molar-refractivity contribution in [2.45, 2.75) is 96.9 Å². The summed E-state index contributed by atoms with van der Waals surface area (Å²) in [5.41, 5.74) is -2.57. The minimum absolute atomic E-state index is 0.337. The first-order chi connectivity index (χ1) is 12.1. The van der Waals surface area contributed by atoms with Gasteiger partial charge < -0.3 is 24.8 Å². The summed E-state index contributed by atoms with van der Waals surface area (Å²) in [7, 11) is 0. The third-order valence-electron chi connectivity index (χ3n) is 4.17. The van der Waals surface area contributed by atoms with Crippen molar-refractivity contribution in [3.63, 3.8) is 0 Å². The highest BCUT2D eigenvalue weighted by Crippen LogP contribution is 2.30. The van der Waals surface area contributed by atoms with Gasteiger partial charge >= 0.3 is 18.2 Å². The van der Waals surface area contributed by atoms with Crippen LogP contribution < -0.4 is 5.32 Å². The number of aliphatic carboxylic acids is 1. The van der Waals surface area contributed by atoms with Gasteiger partial charge in [-0.2, -0.15) is 0 Å². The summed E-state index contributed by atoms with van der Waals surface area (Å²) in [6, 6.07) is -0.510. The van der Waals surface area contributed by atoms with Gasteiger partial charge in [-0.1, -0.05) is 0 Å². The van der Waals surface area contributed by atoms with Crippen molar-refractivity contribution in [1.82, 2.24) is 10.2 Å². The Morgan fingerprint density at radius 2 is 1.56 bits per heavy atom. The second kappa shape index (κ2) is 8.35. The van der Waals surface area contributed by atoms with Crippen molar-refractivity contribution in [3.05, 3.63) is 0 Å². The van der Waals surface area contributed by atoms with E-state index in [0.29, 0.717) is 13.0 Å². The molecule has 8 nitrogen and oxygen atoms in total. The number of carboxylic acid groups (broad SMARTS) is 1. The van der Waals surface area contributed by atoms with Crippen molar-refractivity contribution in [2.24, 2.45) is 0 Å². The fraction of sp³-hybridized carbons (Fsp3) is 0.842. The molecule has 0 aromatic carbocycles. The first kappa shape index (κ1) is 23.0. The molecule has 0 aromatic heterocycles. The van der Waals surface area contributed by atoms with Crippen molar-refractivity contribution >= 4 is 18.2 Å². The fourth-order valence-electron chi connectivity index (χ4n) is 3.23. The number of rotatable bonds is 4. The minimum atomic E-state index is -1.19. The minimum Gasteiger partial charge on any atom is -0.481 e. The Hall–Kier alpha value is -1.99. The van der Waals surface area contributed by atoms with E-state index in [4.69, 9.17) is 9.47 Å². The van der Waals surface area contributed by atoms with Crippen LogP contribution in [-0.4, -0.2) is 57.5 Å². The molecular weight excluding hydrogens is 352 g/mol. The van der Waals surface area contributed by atoms with Crippen molar-refractivity contribution in [3.8, 4) is 0 Å². The predicted molar refractivity (Wildman–Crippen MR) is 101 cm³/mol. The summed E-state index contributed by atoms with van der Waals surface area (Å²) in [6.07, 6.45) is 0.644. The molecule has 156 valence electrons. The number of alkyl carbamates (subject to hydrolysis) is 1. The van der Waals surface area contributed by atoms with Crippen LogP contribution in [0.15, 0.2) is 0 Å². The number of likely N-dealkylation sites (tertiary alicyclic amines) is 1. The Labute approximate surface area is 161 Å². The molecule has 2 amide bonds. The molecule has 2 unspecified atom stereocenters. The fourth-order valence-corrected chi connectivity index (χ4v) is 3.23. The number of carbonyl (C=O) groups is 3. The molecule has 1 saturated heterocycles. The van der Waals surface area contributed by atoms with E-state index in [1.54, 1.807) is 48.5 Å². The number of nitrogens with zero attached hydrogens (tertiary/aromatic N) is 1. The molecule has 0 radical (unpaired) electrons. The number of carbonyl (C=O) groups excluding carboxylic acids is 2. The SMILES string of the molecule is CC(C)(C)OC(=O)NC(C)(CC(=O)O)C1CCCCN1C(=O)OC(C)(C)C. The molecule has 1 heterocycles. The summed E-state index contributed by atoms with van der Waals surface area (Å²) in [6.45, 7) is 12.6. The van der Waals surface area contributed by atoms with E-state index in [1.807, 2.05) is 0 Å². The smallest absolute Gasteiger partial charge is 0.410 e. The van der Waals surface area contributed by atoms with E-state index < -0.39 is 40.9 Å². The lowest BCUT2D eigenvalue weighted by molar-refractivity contribution is -0.139. The summed E-state index contributed by atoms with van der Waals surface area (Å²) in [5, 5.41) is 12.1. The Balaban J connectivity index is 3.11. The summed E-state index contributed by atoms with van der Waals surface area (Å²) >= 11 is 0. The first-order valence-electron chi connectivity index (χ1n) is 9.35. The standard InChI is InChI=1S/C19H34N2O6/c1-17(2,3)26-15(24)20-19(7,12-14(22)23)13-10-8-9-11-21(13)16(25)27-18(4,5)6/h13H,8-12H2,1-7H3,(H,20,24)(H,22,23). The molecule has 27 heavy (non-hydrogen) atoms. The van der Waals surface area contributed by atoms with Gasteiger partial charge in [0, 0.05) is 6.54 Å². The molecule has 2 atom stereocenters. The zero-order valence-corrected chi connectivity index (χ0v) is 17.5. The number of ether oxygens (including phenoxy) is 2. The number of amides is 2. The monoisotopic (exact) mass is 386 g/mol. The molecule has 2 N–H and O–H groups in total. The Morgan fingerprint density at radius 1 is 1.00 bits per heavy atom. The van der Waals surface area contributed by atoms with Crippen LogP contribution >= 0.6 is 0 Å². The van der Waals surface area contributed by atoms with E-state index in [1.165, 1.54) is 4.90 Å².